The summed E-state index contributed by atoms with van der Waals surface area (Å²) in [6, 6.07) is 6.71. The van der Waals surface area contributed by atoms with Crippen LogP contribution in [-0.2, 0) is 6.61 Å². The van der Waals surface area contributed by atoms with Gasteiger partial charge in [0.05, 0.1) is 6.61 Å². The molecule has 0 aliphatic heterocycles. The molecule has 4 N–H and O–H groups in total. The van der Waals surface area contributed by atoms with Crippen molar-refractivity contribution in [1.29, 1.82) is 0 Å². The summed E-state index contributed by atoms with van der Waals surface area (Å²) in [6.45, 7) is 9.46. The first-order valence-electron chi connectivity index (χ1n) is 8.12. The second-order valence-electron chi connectivity index (χ2n) is 4.70. The molecular formula is C17H30N2O6. The van der Waals surface area contributed by atoms with Gasteiger partial charge in [-0.05, 0) is 33.8 Å². The van der Waals surface area contributed by atoms with Gasteiger partial charge in [-0.2, -0.15) is 0 Å². The average Bonchev–Trinajstić information content (AvgIpc) is 2.58. The molecule has 0 aliphatic rings. The smallest absolute Gasteiger partial charge is 0.407 e. The summed E-state index contributed by atoms with van der Waals surface area (Å²) in [5.41, 5.74) is 0.567. The maximum absolute atomic E-state index is 10.1. The Morgan fingerprint density at radius 3 is 1.36 bits per heavy atom. The van der Waals surface area contributed by atoms with E-state index in [0.29, 0.717) is 31.7 Å². The Labute approximate surface area is 148 Å². The number of para-hydroxylation sites is 1. The molecule has 0 saturated carbocycles. The van der Waals surface area contributed by atoms with Gasteiger partial charge in [0.2, 0.25) is 0 Å². The fourth-order valence-electron chi connectivity index (χ4n) is 1.63. The summed E-state index contributed by atoms with van der Waals surface area (Å²) in [4.78, 5) is 22.8. The van der Waals surface area contributed by atoms with Crippen LogP contribution in [0.5, 0.6) is 5.75 Å². The Kier molecular flexibility index (Phi) is 14.9. The predicted octanol–water partition coefficient (Wildman–Crippen LogP) is 2.90. The van der Waals surface area contributed by atoms with E-state index in [1.165, 1.54) is 9.80 Å². The van der Waals surface area contributed by atoms with Crippen LogP contribution in [-0.4, -0.2) is 68.6 Å². The molecule has 0 aromatic heterocycles. The van der Waals surface area contributed by atoms with Crippen molar-refractivity contribution in [2.24, 2.45) is 0 Å². The highest BCUT2D eigenvalue weighted by atomic mass is 16.4. The number of rotatable bonds is 5. The lowest BCUT2D eigenvalue weighted by molar-refractivity contribution is 0.149. The number of hydrogen-bond acceptors (Lipinski definition) is 4. The molecule has 25 heavy (non-hydrogen) atoms. The van der Waals surface area contributed by atoms with Crippen molar-refractivity contribution >= 4 is 12.2 Å². The lowest BCUT2D eigenvalue weighted by atomic mass is 10.2. The van der Waals surface area contributed by atoms with Gasteiger partial charge in [0.25, 0.3) is 0 Å². The number of aliphatic hydroxyl groups excluding tert-OH is 1. The molecular weight excluding hydrogens is 328 g/mol. The number of phenols is 1. The minimum Gasteiger partial charge on any atom is -0.508 e. The number of carbonyl (C=O) groups is 2. The van der Waals surface area contributed by atoms with E-state index in [0.717, 1.165) is 0 Å². The molecule has 2 amide bonds. The molecule has 8 nitrogen and oxygen atoms in total. The van der Waals surface area contributed by atoms with Crippen molar-refractivity contribution in [3.8, 4) is 5.75 Å². The topological polar surface area (TPSA) is 122 Å². The number of aromatic hydroxyl groups is 1. The van der Waals surface area contributed by atoms with Crippen LogP contribution in [0.25, 0.3) is 0 Å². The van der Waals surface area contributed by atoms with Gasteiger partial charge in [-0.25, -0.2) is 9.59 Å². The third-order valence-corrected chi connectivity index (χ3v) is 3.23. The van der Waals surface area contributed by atoms with Gasteiger partial charge in [0, 0.05) is 31.7 Å². The SMILES string of the molecule is CCN(CC)C(=O)O.CCN(CC)C(=O)O.OCc1ccccc1O. The van der Waals surface area contributed by atoms with Crippen LogP contribution in [0, 0.1) is 0 Å². The first-order chi connectivity index (χ1) is 11.8. The predicted molar refractivity (Wildman–Crippen MR) is 95.9 cm³/mol. The van der Waals surface area contributed by atoms with E-state index in [1.807, 2.05) is 27.7 Å². The van der Waals surface area contributed by atoms with Gasteiger partial charge in [-0.15, -0.1) is 0 Å². The van der Waals surface area contributed by atoms with Crippen molar-refractivity contribution in [2.75, 3.05) is 26.2 Å². The highest BCUT2D eigenvalue weighted by molar-refractivity contribution is 5.65. The van der Waals surface area contributed by atoms with Crippen molar-refractivity contribution in [3.05, 3.63) is 29.8 Å². The summed E-state index contributed by atoms with van der Waals surface area (Å²) in [7, 11) is 0. The Bertz CT molecular complexity index is 466. The summed E-state index contributed by atoms with van der Waals surface area (Å²) in [5.74, 6) is 0.153. The Hall–Kier alpha value is -2.48. The van der Waals surface area contributed by atoms with Gasteiger partial charge < -0.3 is 30.2 Å². The molecule has 0 heterocycles. The molecule has 0 fully saturated rings. The van der Waals surface area contributed by atoms with Crippen LogP contribution in [0.15, 0.2) is 24.3 Å². The zero-order valence-electron chi connectivity index (χ0n) is 15.3. The van der Waals surface area contributed by atoms with Crippen LogP contribution in [0.2, 0.25) is 0 Å². The van der Waals surface area contributed by atoms with Crippen LogP contribution >= 0.6 is 0 Å². The van der Waals surface area contributed by atoms with Crippen molar-refractivity contribution in [2.45, 2.75) is 34.3 Å². The molecule has 0 unspecified atom stereocenters. The molecule has 1 aromatic rings. The van der Waals surface area contributed by atoms with Gasteiger partial charge in [-0.1, -0.05) is 18.2 Å². The number of nitrogens with zero attached hydrogens (tertiary/aromatic N) is 2. The normalized spacial score (nSPS) is 9.00. The van der Waals surface area contributed by atoms with Crippen LogP contribution in [0.1, 0.15) is 33.3 Å². The molecule has 0 saturated heterocycles. The largest absolute Gasteiger partial charge is 0.508 e. The van der Waals surface area contributed by atoms with E-state index in [-0.39, 0.29) is 12.4 Å². The average molecular weight is 358 g/mol. The Morgan fingerprint density at radius 2 is 1.20 bits per heavy atom. The summed E-state index contributed by atoms with van der Waals surface area (Å²) in [6.07, 6.45) is -1.68. The molecule has 0 spiro atoms. The van der Waals surface area contributed by atoms with Crippen LogP contribution in [0.3, 0.4) is 0 Å². The second-order valence-corrected chi connectivity index (χ2v) is 4.70. The minimum absolute atomic E-state index is 0.104. The van der Waals surface area contributed by atoms with E-state index >= 15 is 0 Å². The summed E-state index contributed by atoms with van der Waals surface area (Å²) < 4.78 is 0. The highest BCUT2D eigenvalue weighted by Gasteiger charge is 2.03. The van der Waals surface area contributed by atoms with Gasteiger partial charge in [-0.3, -0.25) is 0 Å². The lowest BCUT2D eigenvalue weighted by Gasteiger charge is -2.12. The van der Waals surface area contributed by atoms with Crippen LogP contribution in [0.4, 0.5) is 9.59 Å². The first kappa shape index (κ1) is 24.8. The summed E-state index contributed by atoms with van der Waals surface area (Å²) >= 11 is 0. The van der Waals surface area contributed by atoms with E-state index in [1.54, 1.807) is 24.3 Å². The molecule has 1 aromatic carbocycles. The molecule has 0 atom stereocenters. The minimum atomic E-state index is -0.838. The maximum atomic E-state index is 10.1. The van der Waals surface area contributed by atoms with Gasteiger partial charge in [0.1, 0.15) is 5.75 Å². The number of amides is 2. The standard InChI is InChI=1S/C7H8O2.2C5H11NO2/c8-5-6-3-1-2-4-7(6)9;2*1-3-6(4-2)5(7)8/h1-4,8-9H,5H2;2*3-4H2,1-2H3,(H,7,8). The zero-order valence-corrected chi connectivity index (χ0v) is 15.3. The number of benzene rings is 1. The molecule has 1 rings (SSSR count). The van der Waals surface area contributed by atoms with Crippen molar-refractivity contribution < 1.29 is 30.0 Å². The first-order valence-corrected chi connectivity index (χ1v) is 8.12. The Balaban J connectivity index is 0. The fourth-order valence-corrected chi connectivity index (χ4v) is 1.63. The maximum Gasteiger partial charge on any atom is 0.407 e. The number of carboxylic acid groups (broad SMARTS) is 2. The van der Waals surface area contributed by atoms with E-state index < -0.39 is 12.2 Å². The fraction of sp³-hybridized carbons (Fsp3) is 0.529. The zero-order chi connectivity index (χ0) is 19.8. The highest BCUT2D eigenvalue weighted by Crippen LogP contribution is 2.14. The molecule has 144 valence electrons. The lowest BCUT2D eigenvalue weighted by Crippen LogP contribution is -2.28. The van der Waals surface area contributed by atoms with Gasteiger partial charge in [0.15, 0.2) is 0 Å². The van der Waals surface area contributed by atoms with Crippen LogP contribution < -0.4 is 0 Å². The second kappa shape index (κ2) is 15.1. The van der Waals surface area contributed by atoms with Crippen molar-refractivity contribution in [3.63, 3.8) is 0 Å². The summed E-state index contributed by atoms with van der Waals surface area (Å²) in [5, 5.41) is 34.1. The third kappa shape index (κ3) is 11.7. The van der Waals surface area contributed by atoms with E-state index in [2.05, 4.69) is 0 Å². The quantitative estimate of drug-likeness (QED) is 0.642. The number of hydrogen-bond donors (Lipinski definition) is 4. The number of aliphatic hydroxyl groups is 1. The van der Waals surface area contributed by atoms with E-state index in [9.17, 15) is 9.59 Å². The molecule has 0 bridgehead atoms. The third-order valence-electron chi connectivity index (χ3n) is 3.23. The monoisotopic (exact) mass is 358 g/mol. The van der Waals surface area contributed by atoms with E-state index in [4.69, 9.17) is 20.4 Å². The van der Waals surface area contributed by atoms with Gasteiger partial charge >= 0.3 is 12.2 Å². The molecule has 8 heteroatoms. The van der Waals surface area contributed by atoms with Crippen molar-refractivity contribution in [1.82, 2.24) is 9.80 Å². The molecule has 0 aliphatic carbocycles. The molecule has 0 radical (unpaired) electrons. The Morgan fingerprint density at radius 1 is 0.840 bits per heavy atom.